The Morgan fingerprint density at radius 2 is 2.17 bits per heavy atom. The molecule has 2 aromatic rings. The van der Waals surface area contributed by atoms with Crippen LogP contribution in [0.5, 0.6) is 11.8 Å². The number of nitrogens with zero attached hydrogens (tertiary/aromatic N) is 3. The van der Waals surface area contributed by atoms with Crippen LogP contribution in [-0.2, 0) is 0 Å². The average Bonchev–Trinajstić information content (AvgIpc) is 3.18. The smallest absolute Gasteiger partial charge is 0.410 e. The molecular weight excluding hydrogens is 296 g/mol. The highest BCUT2D eigenvalue weighted by Gasteiger charge is 2.32. The first kappa shape index (κ1) is 14.2. The Morgan fingerprint density at radius 1 is 1.30 bits per heavy atom. The van der Waals surface area contributed by atoms with E-state index in [0.29, 0.717) is 11.3 Å². The molecule has 3 atom stereocenters. The lowest BCUT2D eigenvalue weighted by atomic mass is 9.96. The second-order valence-corrected chi connectivity index (χ2v) is 6.15. The van der Waals surface area contributed by atoms with E-state index in [0.717, 1.165) is 18.9 Å². The molecule has 2 bridgehead atoms. The molecule has 23 heavy (non-hydrogen) atoms. The van der Waals surface area contributed by atoms with E-state index in [2.05, 4.69) is 20.4 Å². The molecule has 0 spiro atoms. The van der Waals surface area contributed by atoms with E-state index in [1.54, 1.807) is 24.3 Å². The summed E-state index contributed by atoms with van der Waals surface area (Å²) in [5.74, 6) is 1.24. The average molecular weight is 314 g/mol. The molecule has 1 N–H and O–H groups in total. The quantitative estimate of drug-likeness (QED) is 0.925. The summed E-state index contributed by atoms with van der Waals surface area (Å²) in [4.78, 5) is 14.8. The number of fused-ring (bicyclic) bond motifs is 2. The van der Waals surface area contributed by atoms with Crippen LogP contribution in [0.3, 0.4) is 0 Å². The molecule has 0 radical (unpaired) electrons. The maximum absolute atomic E-state index is 12.4. The second-order valence-electron chi connectivity index (χ2n) is 6.15. The Morgan fingerprint density at radius 3 is 2.91 bits per heavy atom. The van der Waals surface area contributed by atoms with Crippen LogP contribution in [0.1, 0.15) is 23.2 Å². The van der Waals surface area contributed by atoms with Gasteiger partial charge in [0.25, 0.3) is 5.91 Å². The molecule has 1 aromatic carbocycles. The van der Waals surface area contributed by atoms with Gasteiger partial charge in [-0.2, -0.15) is 0 Å². The summed E-state index contributed by atoms with van der Waals surface area (Å²) in [5, 5.41) is 10.3. The molecule has 2 aliphatic rings. The van der Waals surface area contributed by atoms with Crippen LogP contribution in [0.25, 0.3) is 0 Å². The lowest BCUT2D eigenvalue weighted by Crippen LogP contribution is -2.46. The Balaban J connectivity index is 1.36. The molecule has 3 unspecified atom stereocenters. The number of benzene rings is 1. The van der Waals surface area contributed by atoms with E-state index in [4.69, 9.17) is 9.15 Å². The largest absolute Gasteiger partial charge is 0.420 e. The van der Waals surface area contributed by atoms with Crippen molar-refractivity contribution in [3.05, 3.63) is 36.2 Å². The maximum Gasteiger partial charge on any atom is 0.420 e. The number of rotatable bonds is 4. The van der Waals surface area contributed by atoms with Gasteiger partial charge in [-0.15, -0.1) is 5.10 Å². The fraction of sp³-hybridized carbons (Fsp3) is 0.438. The van der Waals surface area contributed by atoms with Gasteiger partial charge < -0.3 is 19.4 Å². The number of hydrogen-bond acceptors (Lipinski definition) is 6. The highest BCUT2D eigenvalue weighted by molar-refractivity contribution is 5.94. The minimum Gasteiger partial charge on any atom is -0.410 e. The molecule has 0 saturated carbocycles. The fourth-order valence-corrected chi connectivity index (χ4v) is 3.42. The Hall–Kier alpha value is -2.41. The van der Waals surface area contributed by atoms with E-state index < -0.39 is 0 Å². The van der Waals surface area contributed by atoms with Crippen LogP contribution in [0.4, 0.5) is 0 Å². The van der Waals surface area contributed by atoms with Crippen LogP contribution in [-0.4, -0.2) is 46.7 Å². The van der Waals surface area contributed by atoms with Crippen molar-refractivity contribution >= 4 is 5.91 Å². The van der Waals surface area contributed by atoms with Gasteiger partial charge in [0, 0.05) is 24.7 Å². The lowest BCUT2D eigenvalue weighted by Gasteiger charge is -2.30. The van der Waals surface area contributed by atoms with Gasteiger partial charge in [0.2, 0.25) is 6.39 Å². The molecular formula is C16H18N4O3. The molecule has 120 valence electrons. The van der Waals surface area contributed by atoms with Crippen LogP contribution in [0.15, 0.2) is 35.1 Å². The van der Waals surface area contributed by atoms with Crippen molar-refractivity contribution in [3.63, 3.8) is 0 Å². The van der Waals surface area contributed by atoms with Crippen molar-refractivity contribution in [2.75, 3.05) is 19.6 Å². The van der Waals surface area contributed by atoms with Gasteiger partial charge in [0.1, 0.15) is 5.75 Å². The number of hydrogen-bond donors (Lipinski definition) is 1. The van der Waals surface area contributed by atoms with E-state index in [1.165, 1.54) is 25.9 Å². The summed E-state index contributed by atoms with van der Waals surface area (Å²) in [6.45, 7) is 3.31. The SMILES string of the molecule is O=C(NC1CC2CCN(C2)C1)c1ccc(Oc2nnco2)cc1. The number of amides is 1. The van der Waals surface area contributed by atoms with Crippen molar-refractivity contribution in [2.45, 2.75) is 18.9 Å². The minimum absolute atomic E-state index is 0.0400. The number of ether oxygens (including phenoxy) is 1. The minimum atomic E-state index is -0.0400. The first-order valence-corrected chi connectivity index (χ1v) is 7.83. The summed E-state index contributed by atoms with van der Waals surface area (Å²) >= 11 is 0. The molecule has 7 heteroatoms. The maximum atomic E-state index is 12.4. The zero-order valence-corrected chi connectivity index (χ0v) is 12.6. The summed E-state index contributed by atoms with van der Waals surface area (Å²) in [6.07, 6.45) is 3.62. The van der Waals surface area contributed by atoms with Crippen molar-refractivity contribution in [1.82, 2.24) is 20.4 Å². The Labute approximate surface area is 133 Å². The van der Waals surface area contributed by atoms with Gasteiger partial charge in [0.05, 0.1) is 0 Å². The second kappa shape index (κ2) is 6.00. The zero-order valence-electron chi connectivity index (χ0n) is 12.6. The fourth-order valence-electron chi connectivity index (χ4n) is 3.42. The van der Waals surface area contributed by atoms with Gasteiger partial charge in [0.15, 0.2) is 0 Å². The van der Waals surface area contributed by atoms with Gasteiger partial charge in [-0.05, 0) is 49.6 Å². The van der Waals surface area contributed by atoms with Gasteiger partial charge >= 0.3 is 6.08 Å². The third-order valence-corrected chi connectivity index (χ3v) is 4.46. The standard InChI is InChI=1S/C16H18N4O3/c21-15(18-13-7-11-5-6-20(8-11)9-13)12-1-3-14(4-2-12)23-16-19-17-10-22-16/h1-4,10-11,13H,5-9H2,(H,18,21). The van der Waals surface area contributed by atoms with Crippen molar-refractivity contribution in [1.29, 1.82) is 0 Å². The first-order valence-electron chi connectivity index (χ1n) is 7.83. The predicted molar refractivity (Wildman–Crippen MR) is 81.2 cm³/mol. The van der Waals surface area contributed by atoms with Gasteiger partial charge in [-0.1, -0.05) is 5.10 Å². The third-order valence-electron chi connectivity index (χ3n) is 4.46. The molecule has 1 amide bonds. The Bertz CT molecular complexity index is 659. The molecule has 7 nitrogen and oxygen atoms in total. The topological polar surface area (TPSA) is 80.5 Å². The van der Waals surface area contributed by atoms with Gasteiger partial charge in [-0.3, -0.25) is 4.79 Å². The summed E-state index contributed by atoms with van der Waals surface area (Å²) in [6, 6.07) is 7.15. The third kappa shape index (κ3) is 3.19. The van der Waals surface area contributed by atoms with E-state index in [9.17, 15) is 4.79 Å². The normalized spacial score (nSPS) is 26.0. The number of carbonyl (C=O) groups excluding carboxylic acids is 1. The highest BCUT2D eigenvalue weighted by Crippen LogP contribution is 2.27. The van der Waals surface area contributed by atoms with Gasteiger partial charge in [-0.25, -0.2) is 0 Å². The monoisotopic (exact) mass is 314 g/mol. The van der Waals surface area contributed by atoms with Crippen molar-refractivity contribution in [3.8, 4) is 11.8 Å². The number of nitrogens with one attached hydrogen (secondary N) is 1. The number of piperidine rings is 1. The van der Waals surface area contributed by atoms with Crippen LogP contribution < -0.4 is 10.1 Å². The summed E-state index contributed by atoms with van der Waals surface area (Å²) in [5.41, 5.74) is 0.621. The summed E-state index contributed by atoms with van der Waals surface area (Å²) < 4.78 is 10.3. The van der Waals surface area contributed by atoms with E-state index >= 15 is 0 Å². The van der Waals surface area contributed by atoms with E-state index in [-0.39, 0.29) is 18.0 Å². The molecule has 4 rings (SSSR count). The molecule has 2 saturated heterocycles. The number of carbonyl (C=O) groups is 1. The van der Waals surface area contributed by atoms with Crippen LogP contribution in [0, 0.1) is 5.92 Å². The Kier molecular flexibility index (Phi) is 3.70. The molecule has 2 aliphatic heterocycles. The van der Waals surface area contributed by atoms with Crippen LogP contribution >= 0.6 is 0 Å². The van der Waals surface area contributed by atoms with Crippen molar-refractivity contribution < 1.29 is 13.9 Å². The highest BCUT2D eigenvalue weighted by atomic mass is 16.6. The molecule has 3 heterocycles. The zero-order chi connectivity index (χ0) is 15.6. The molecule has 0 aliphatic carbocycles. The van der Waals surface area contributed by atoms with E-state index in [1.807, 2.05) is 0 Å². The lowest BCUT2D eigenvalue weighted by molar-refractivity contribution is 0.0909. The predicted octanol–water partition coefficient (Wildman–Crippen LogP) is 1.69. The van der Waals surface area contributed by atoms with Crippen molar-refractivity contribution in [2.24, 2.45) is 5.92 Å². The summed E-state index contributed by atoms with van der Waals surface area (Å²) in [7, 11) is 0. The molecule has 1 aromatic heterocycles. The van der Waals surface area contributed by atoms with Crippen LogP contribution in [0.2, 0.25) is 0 Å². The number of aromatic nitrogens is 2. The molecule has 2 fully saturated rings. The first-order chi connectivity index (χ1) is 11.3.